The van der Waals surface area contributed by atoms with Gasteiger partial charge in [-0.3, -0.25) is 0 Å². The molecular formula is C25H38F6O3. The minimum atomic E-state index is -4.84. The van der Waals surface area contributed by atoms with Gasteiger partial charge in [-0.05, 0) is 49.4 Å². The fourth-order valence-corrected chi connectivity index (χ4v) is 4.30. The van der Waals surface area contributed by atoms with Crippen LogP contribution in [-0.2, 0) is 33.0 Å². The summed E-state index contributed by atoms with van der Waals surface area (Å²) in [7, 11) is 4.47. The summed E-state index contributed by atoms with van der Waals surface area (Å²) in [4.78, 5) is 0. The maximum Gasteiger partial charge on any atom is 0.416 e. The quantitative estimate of drug-likeness (QED) is 0.130. The number of halogens is 6. The van der Waals surface area contributed by atoms with Gasteiger partial charge in [0.25, 0.3) is 5.97 Å². The van der Waals surface area contributed by atoms with Crippen molar-refractivity contribution in [3.63, 3.8) is 0 Å². The van der Waals surface area contributed by atoms with Crippen LogP contribution in [0.1, 0.15) is 87.8 Å². The summed E-state index contributed by atoms with van der Waals surface area (Å²) in [6, 6.07) is 1.75. The zero-order valence-corrected chi connectivity index (χ0v) is 20.6. The van der Waals surface area contributed by atoms with Gasteiger partial charge >= 0.3 is 12.4 Å². The van der Waals surface area contributed by atoms with Gasteiger partial charge in [-0.1, -0.05) is 51.9 Å². The Hall–Kier alpha value is -1.32. The second-order valence-corrected chi connectivity index (χ2v) is 8.63. The molecule has 0 spiro atoms. The highest BCUT2D eigenvalue weighted by Gasteiger charge is 2.39. The number of hydrogen-bond acceptors (Lipinski definition) is 3. The normalized spacial score (nSPS) is 13.9. The highest BCUT2D eigenvalue weighted by atomic mass is 19.4. The Balaban J connectivity index is 2.81. The van der Waals surface area contributed by atoms with Crippen molar-refractivity contribution < 1.29 is 40.6 Å². The minimum Gasteiger partial charge on any atom is -0.331 e. The summed E-state index contributed by atoms with van der Waals surface area (Å²) in [5.41, 5.74) is -2.54. The molecule has 1 aromatic rings. The summed E-state index contributed by atoms with van der Waals surface area (Å²) in [5, 5.41) is 0. The van der Waals surface area contributed by atoms with E-state index in [0.717, 1.165) is 37.8 Å². The Morgan fingerprint density at radius 3 is 1.53 bits per heavy atom. The van der Waals surface area contributed by atoms with Crippen LogP contribution in [0.15, 0.2) is 18.2 Å². The second-order valence-electron chi connectivity index (χ2n) is 8.63. The lowest BCUT2D eigenvalue weighted by Crippen LogP contribution is -2.44. The fourth-order valence-electron chi connectivity index (χ4n) is 4.30. The largest absolute Gasteiger partial charge is 0.416 e. The molecule has 0 saturated heterocycles. The molecule has 0 aliphatic rings. The molecule has 0 aliphatic heterocycles. The van der Waals surface area contributed by atoms with Gasteiger partial charge in [-0.25, -0.2) is 0 Å². The zero-order chi connectivity index (χ0) is 25.8. The Morgan fingerprint density at radius 1 is 0.647 bits per heavy atom. The van der Waals surface area contributed by atoms with E-state index in [1.54, 1.807) is 0 Å². The number of aryl methyl sites for hydroxylation is 1. The van der Waals surface area contributed by atoms with E-state index in [1.165, 1.54) is 40.6 Å². The van der Waals surface area contributed by atoms with Crippen LogP contribution in [0.2, 0.25) is 0 Å². The highest BCUT2D eigenvalue weighted by Crippen LogP contribution is 2.37. The van der Waals surface area contributed by atoms with Crippen molar-refractivity contribution >= 4 is 0 Å². The predicted molar refractivity (Wildman–Crippen MR) is 119 cm³/mol. The van der Waals surface area contributed by atoms with Crippen molar-refractivity contribution in [2.24, 2.45) is 5.92 Å². The average molecular weight is 501 g/mol. The number of hydrogen-bond donors (Lipinski definition) is 0. The minimum absolute atomic E-state index is 0.0195. The van der Waals surface area contributed by atoms with Gasteiger partial charge in [0.15, 0.2) is 0 Å². The Labute approximate surface area is 199 Å². The Morgan fingerprint density at radius 2 is 1.09 bits per heavy atom. The topological polar surface area (TPSA) is 27.7 Å². The van der Waals surface area contributed by atoms with Gasteiger partial charge in [-0.2, -0.15) is 26.3 Å². The third-order valence-corrected chi connectivity index (χ3v) is 6.18. The van der Waals surface area contributed by atoms with Crippen molar-refractivity contribution in [2.45, 2.75) is 95.9 Å². The third kappa shape index (κ3) is 9.74. The van der Waals surface area contributed by atoms with E-state index >= 15 is 0 Å². The number of alkyl halides is 6. The van der Waals surface area contributed by atoms with Gasteiger partial charge in [0.2, 0.25) is 0 Å². The highest BCUT2D eigenvalue weighted by molar-refractivity contribution is 5.33. The van der Waals surface area contributed by atoms with Gasteiger partial charge in [0, 0.05) is 27.2 Å². The van der Waals surface area contributed by atoms with Crippen molar-refractivity contribution in [1.29, 1.82) is 0 Å². The molecule has 1 rings (SSSR count). The number of ether oxygens (including phenoxy) is 3. The molecule has 0 aliphatic carbocycles. The molecule has 0 radical (unpaired) electrons. The third-order valence-electron chi connectivity index (χ3n) is 6.18. The Bertz CT molecular complexity index is 658. The first-order valence-electron chi connectivity index (χ1n) is 11.9. The lowest BCUT2D eigenvalue weighted by atomic mass is 9.91. The Kier molecular flexibility index (Phi) is 12.9. The molecule has 1 atom stereocenters. The van der Waals surface area contributed by atoms with Crippen molar-refractivity contribution in [1.82, 2.24) is 0 Å². The lowest BCUT2D eigenvalue weighted by Gasteiger charge is -2.36. The smallest absolute Gasteiger partial charge is 0.331 e. The molecule has 1 unspecified atom stereocenters. The van der Waals surface area contributed by atoms with E-state index in [0.29, 0.717) is 19.3 Å². The van der Waals surface area contributed by atoms with E-state index in [1.807, 2.05) is 0 Å². The first kappa shape index (κ1) is 30.7. The molecule has 0 fully saturated rings. The number of methoxy groups -OCH3 is 3. The molecule has 0 N–H and O–H groups in total. The molecule has 0 saturated carbocycles. The van der Waals surface area contributed by atoms with Crippen LogP contribution in [0, 0.1) is 5.92 Å². The van der Waals surface area contributed by atoms with Gasteiger partial charge in [0.05, 0.1) is 11.1 Å². The van der Waals surface area contributed by atoms with E-state index in [2.05, 4.69) is 6.92 Å². The van der Waals surface area contributed by atoms with Gasteiger partial charge < -0.3 is 14.2 Å². The molecule has 0 heterocycles. The number of rotatable bonds is 16. The van der Waals surface area contributed by atoms with Crippen molar-refractivity contribution in [3.05, 3.63) is 34.9 Å². The first-order valence-corrected chi connectivity index (χ1v) is 11.9. The van der Waals surface area contributed by atoms with E-state index in [9.17, 15) is 26.3 Å². The molecule has 9 heteroatoms. The summed E-state index contributed by atoms with van der Waals surface area (Å²) in [5.74, 6) is -1.35. The van der Waals surface area contributed by atoms with E-state index < -0.39 is 29.5 Å². The number of benzene rings is 1. The zero-order valence-electron chi connectivity index (χ0n) is 20.6. The maximum atomic E-state index is 13.1. The average Bonchev–Trinajstić information content (AvgIpc) is 2.78. The molecule has 0 bridgehead atoms. The fraction of sp³-hybridized carbons (Fsp3) is 0.760. The van der Waals surface area contributed by atoms with Gasteiger partial charge in [0.1, 0.15) is 0 Å². The van der Waals surface area contributed by atoms with Crippen LogP contribution in [0.4, 0.5) is 26.3 Å². The van der Waals surface area contributed by atoms with Crippen LogP contribution in [0.5, 0.6) is 0 Å². The summed E-state index contributed by atoms with van der Waals surface area (Å²) < 4.78 is 95.1. The molecule has 1 aromatic carbocycles. The van der Waals surface area contributed by atoms with Crippen molar-refractivity contribution in [3.8, 4) is 0 Å². The van der Waals surface area contributed by atoms with Crippen LogP contribution >= 0.6 is 0 Å². The van der Waals surface area contributed by atoms with Crippen LogP contribution < -0.4 is 0 Å². The van der Waals surface area contributed by atoms with E-state index in [4.69, 9.17) is 14.2 Å². The van der Waals surface area contributed by atoms with Crippen molar-refractivity contribution in [2.75, 3.05) is 21.3 Å². The second kappa shape index (κ2) is 14.3. The summed E-state index contributed by atoms with van der Waals surface area (Å²) in [6.07, 6.45) is -0.472. The molecule has 198 valence electrons. The summed E-state index contributed by atoms with van der Waals surface area (Å²) in [6.45, 7) is 2.16. The van der Waals surface area contributed by atoms with Crippen LogP contribution in [0.25, 0.3) is 0 Å². The molecule has 0 aromatic heterocycles. The molecule has 3 nitrogen and oxygen atoms in total. The SMILES string of the molecule is CCCCCCCCC(CCCCc1cc(C(F)(F)F)cc(C(F)(F)F)c1)C(OC)(OC)OC. The van der Waals surface area contributed by atoms with E-state index in [-0.39, 0.29) is 24.0 Å². The summed E-state index contributed by atoms with van der Waals surface area (Å²) >= 11 is 0. The lowest BCUT2D eigenvalue weighted by molar-refractivity contribution is -0.380. The maximum absolute atomic E-state index is 13.1. The predicted octanol–water partition coefficient (Wildman–Crippen LogP) is 8.40. The van der Waals surface area contributed by atoms with Gasteiger partial charge in [-0.15, -0.1) is 0 Å². The van der Waals surface area contributed by atoms with Crippen LogP contribution in [-0.4, -0.2) is 27.3 Å². The van der Waals surface area contributed by atoms with Crippen LogP contribution in [0.3, 0.4) is 0 Å². The standard InChI is InChI=1S/C25H38F6O3/c1-5-6-7-8-9-10-14-20(25(32-2,33-3)34-4)15-12-11-13-19-16-21(23(26,27)28)18-22(17-19)24(29,30)31/h16-18,20H,5-15H2,1-4H3. The monoisotopic (exact) mass is 500 g/mol. The first-order chi connectivity index (χ1) is 15.9. The molecule has 34 heavy (non-hydrogen) atoms. The molecule has 0 amide bonds. The number of unbranched alkanes of at least 4 members (excludes halogenated alkanes) is 6. The molecular weight excluding hydrogens is 462 g/mol.